The van der Waals surface area contributed by atoms with Crippen LogP contribution in [0.4, 0.5) is 0 Å². The van der Waals surface area contributed by atoms with Gasteiger partial charge in [0, 0.05) is 53.0 Å². The number of furan rings is 1. The Morgan fingerprint density at radius 3 is 1.80 bits per heavy atom. The number of thiophene rings is 1. The van der Waals surface area contributed by atoms with E-state index in [1.165, 1.54) is 25.7 Å². The van der Waals surface area contributed by atoms with Crippen molar-refractivity contribution in [3.8, 4) is 56.4 Å². The van der Waals surface area contributed by atoms with Gasteiger partial charge in [-0.15, -0.1) is 11.3 Å². The maximum absolute atomic E-state index is 6.78. The zero-order chi connectivity index (χ0) is 35.6. The molecule has 0 unspecified atom stereocenters. The van der Waals surface area contributed by atoms with E-state index in [9.17, 15) is 0 Å². The highest BCUT2D eigenvalue weighted by atomic mass is 32.1. The molecule has 11 aromatic rings. The molecule has 11 rings (SSSR count). The molecule has 3 heterocycles. The van der Waals surface area contributed by atoms with Gasteiger partial charge in [0.15, 0.2) is 17.5 Å². The fourth-order valence-electron chi connectivity index (χ4n) is 7.74. The van der Waals surface area contributed by atoms with E-state index in [0.29, 0.717) is 17.5 Å². The number of fused-ring (bicyclic) bond motifs is 8. The summed E-state index contributed by atoms with van der Waals surface area (Å²) in [5, 5.41) is 6.81. The minimum Gasteiger partial charge on any atom is -0.455 e. The minimum absolute atomic E-state index is 0.615. The topological polar surface area (TPSA) is 51.8 Å². The molecule has 54 heavy (non-hydrogen) atoms. The zero-order valence-electron chi connectivity index (χ0n) is 28.9. The lowest BCUT2D eigenvalue weighted by molar-refractivity contribution is 0.673. The highest BCUT2D eigenvalue weighted by Gasteiger charge is 2.18. The zero-order valence-corrected chi connectivity index (χ0v) is 29.7. The van der Waals surface area contributed by atoms with Crippen molar-refractivity contribution in [2.75, 3.05) is 0 Å². The molecule has 0 fully saturated rings. The third-order valence-corrected chi connectivity index (χ3v) is 11.6. The van der Waals surface area contributed by atoms with Crippen LogP contribution < -0.4 is 0 Å². The summed E-state index contributed by atoms with van der Waals surface area (Å²) >= 11 is 1.85. The molecule has 0 aliphatic rings. The summed E-state index contributed by atoms with van der Waals surface area (Å²) in [5.74, 6) is 1.87. The summed E-state index contributed by atoms with van der Waals surface area (Å²) in [6.07, 6.45) is 0. The van der Waals surface area contributed by atoms with Crippen LogP contribution in [0, 0.1) is 0 Å². The van der Waals surface area contributed by atoms with E-state index >= 15 is 0 Å². The number of hydrogen-bond donors (Lipinski definition) is 0. The molecular formula is C49H29N3OS. The van der Waals surface area contributed by atoms with Crippen molar-refractivity contribution in [2.45, 2.75) is 0 Å². The van der Waals surface area contributed by atoms with E-state index < -0.39 is 0 Å². The second-order valence-electron chi connectivity index (χ2n) is 13.6. The lowest BCUT2D eigenvalue weighted by Gasteiger charge is -2.11. The van der Waals surface area contributed by atoms with Crippen molar-refractivity contribution in [3.05, 3.63) is 176 Å². The molecule has 3 aromatic heterocycles. The minimum atomic E-state index is 0.615. The van der Waals surface area contributed by atoms with Crippen molar-refractivity contribution in [3.63, 3.8) is 0 Å². The molecule has 0 bridgehead atoms. The predicted molar refractivity (Wildman–Crippen MR) is 225 cm³/mol. The number of rotatable bonds is 5. The maximum Gasteiger partial charge on any atom is 0.164 e. The van der Waals surface area contributed by atoms with Crippen molar-refractivity contribution in [1.29, 1.82) is 0 Å². The van der Waals surface area contributed by atoms with E-state index in [4.69, 9.17) is 19.4 Å². The summed E-state index contributed by atoms with van der Waals surface area (Å²) < 4.78 is 9.38. The first-order chi connectivity index (χ1) is 26.7. The smallest absolute Gasteiger partial charge is 0.164 e. The molecule has 0 N–H and O–H groups in total. The third kappa shape index (κ3) is 5.01. The maximum atomic E-state index is 6.78. The summed E-state index contributed by atoms with van der Waals surface area (Å²) in [7, 11) is 0. The fraction of sp³-hybridized carbons (Fsp3) is 0. The Hall–Kier alpha value is -6.95. The molecule has 252 valence electrons. The monoisotopic (exact) mass is 707 g/mol. The van der Waals surface area contributed by atoms with Crippen molar-refractivity contribution in [2.24, 2.45) is 0 Å². The average molecular weight is 708 g/mol. The lowest BCUT2D eigenvalue weighted by Crippen LogP contribution is -2.00. The standard InChI is InChI=1S/C49H29N3OS/c1-3-12-30(13-4-1)32-16-9-17-34(28-32)48-50-47(31-14-5-2-6-15-31)51-49(52-48)42-22-11-20-39-36(42)26-27-40-37-25-24-33(29-43(37)53-45(39)40)35-19-10-21-41-38-18-7-8-23-44(38)54-46(35)41/h1-29H. The Morgan fingerprint density at radius 2 is 0.944 bits per heavy atom. The van der Waals surface area contributed by atoms with Crippen LogP contribution >= 0.6 is 11.3 Å². The van der Waals surface area contributed by atoms with Gasteiger partial charge in [-0.25, -0.2) is 15.0 Å². The van der Waals surface area contributed by atoms with Gasteiger partial charge in [0.25, 0.3) is 0 Å². The fourth-order valence-corrected chi connectivity index (χ4v) is 8.98. The van der Waals surface area contributed by atoms with Gasteiger partial charge >= 0.3 is 0 Å². The summed E-state index contributed by atoms with van der Waals surface area (Å²) in [6, 6.07) is 61.4. The molecule has 4 nitrogen and oxygen atoms in total. The van der Waals surface area contributed by atoms with E-state index in [0.717, 1.165) is 66.1 Å². The van der Waals surface area contributed by atoms with Gasteiger partial charge in [-0.2, -0.15) is 0 Å². The number of benzene rings is 8. The molecule has 0 aliphatic heterocycles. The van der Waals surface area contributed by atoms with Crippen molar-refractivity contribution in [1.82, 2.24) is 15.0 Å². The van der Waals surface area contributed by atoms with Crippen LogP contribution in [-0.4, -0.2) is 15.0 Å². The summed E-state index contributed by atoms with van der Waals surface area (Å²) in [4.78, 5) is 15.2. The van der Waals surface area contributed by atoms with Crippen LogP contribution in [0.15, 0.2) is 180 Å². The molecule has 0 atom stereocenters. The Morgan fingerprint density at radius 1 is 0.352 bits per heavy atom. The molecule has 5 heteroatoms. The normalized spacial score (nSPS) is 11.7. The van der Waals surface area contributed by atoms with Crippen LogP contribution in [0.2, 0.25) is 0 Å². The molecule has 0 amide bonds. The highest BCUT2D eigenvalue weighted by Crippen LogP contribution is 2.43. The van der Waals surface area contributed by atoms with Gasteiger partial charge in [0.1, 0.15) is 11.2 Å². The van der Waals surface area contributed by atoms with Gasteiger partial charge in [-0.05, 0) is 58.0 Å². The van der Waals surface area contributed by atoms with E-state index in [-0.39, 0.29) is 0 Å². The van der Waals surface area contributed by atoms with Crippen molar-refractivity contribution < 1.29 is 4.42 Å². The quantitative estimate of drug-likeness (QED) is 0.179. The first-order valence-corrected chi connectivity index (χ1v) is 18.8. The Balaban J connectivity index is 1.07. The number of hydrogen-bond acceptors (Lipinski definition) is 5. The lowest BCUT2D eigenvalue weighted by atomic mass is 9.99. The first kappa shape index (κ1) is 30.7. The molecular weight excluding hydrogens is 679 g/mol. The molecule has 0 saturated heterocycles. The number of aromatic nitrogens is 3. The molecule has 0 spiro atoms. The second kappa shape index (κ2) is 12.3. The number of nitrogens with zero attached hydrogens (tertiary/aromatic N) is 3. The van der Waals surface area contributed by atoms with Gasteiger partial charge < -0.3 is 4.42 Å². The first-order valence-electron chi connectivity index (χ1n) is 18.0. The van der Waals surface area contributed by atoms with Crippen LogP contribution in [0.25, 0.3) is 109 Å². The van der Waals surface area contributed by atoms with Gasteiger partial charge in [-0.1, -0.05) is 146 Å². The summed E-state index contributed by atoms with van der Waals surface area (Å²) in [5.41, 5.74) is 9.13. The van der Waals surface area contributed by atoms with E-state index in [2.05, 4.69) is 140 Å². The van der Waals surface area contributed by atoms with Crippen LogP contribution in [0.1, 0.15) is 0 Å². The van der Waals surface area contributed by atoms with Gasteiger partial charge in [-0.3, -0.25) is 0 Å². The Bertz CT molecular complexity index is 3220. The van der Waals surface area contributed by atoms with Crippen LogP contribution in [0.5, 0.6) is 0 Å². The second-order valence-corrected chi connectivity index (χ2v) is 14.6. The van der Waals surface area contributed by atoms with E-state index in [1.807, 2.05) is 47.7 Å². The van der Waals surface area contributed by atoms with Crippen molar-refractivity contribution >= 4 is 64.2 Å². The Labute approximate surface area is 314 Å². The third-order valence-electron chi connectivity index (χ3n) is 10.3. The molecule has 8 aromatic carbocycles. The van der Waals surface area contributed by atoms with Gasteiger partial charge in [0.2, 0.25) is 0 Å². The highest BCUT2D eigenvalue weighted by molar-refractivity contribution is 7.26. The average Bonchev–Trinajstić information content (AvgIpc) is 3.82. The summed E-state index contributed by atoms with van der Waals surface area (Å²) in [6.45, 7) is 0. The van der Waals surface area contributed by atoms with Crippen LogP contribution in [0.3, 0.4) is 0 Å². The predicted octanol–water partition coefficient (Wildman–Crippen LogP) is 13.6. The van der Waals surface area contributed by atoms with E-state index in [1.54, 1.807) is 0 Å². The molecule has 0 aliphatic carbocycles. The van der Waals surface area contributed by atoms with Crippen LogP contribution in [-0.2, 0) is 0 Å². The largest absolute Gasteiger partial charge is 0.455 e. The molecule has 0 saturated carbocycles. The molecule has 0 radical (unpaired) electrons. The van der Waals surface area contributed by atoms with Gasteiger partial charge in [0.05, 0.1) is 0 Å². The SMILES string of the molecule is c1ccc(-c2cccc(-c3nc(-c4ccccc4)nc(-c4cccc5c4ccc4c6ccc(-c7cccc8c7sc7ccccc78)cc6oc54)n3)c2)cc1. The Kier molecular flexibility index (Phi) is 7.00.